The Bertz CT molecular complexity index is 2510. The Morgan fingerprint density at radius 1 is 0.500 bits per heavy atom. The van der Waals surface area contributed by atoms with Crippen molar-refractivity contribution in [2.75, 3.05) is 0 Å². The van der Waals surface area contributed by atoms with Crippen LogP contribution >= 0.6 is 0 Å². The Morgan fingerprint density at radius 2 is 1.10 bits per heavy atom. The summed E-state index contributed by atoms with van der Waals surface area (Å²) in [6.07, 6.45) is 0. The zero-order valence-electron chi connectivity index (χ0n) is 28.0. The fraction of sp³-hybridized carbons (Fsp3) is 0.0870. The molecule has 9 aromatic carbocycles. The van der Waals surface area contributed by atoms with E-state index in [0.717, 1.165) is 0 Å². The number of fused-ring (bicyclic) bond motifs is 7. The Morgan fingerprint density at radius 3 is 1.75 bits per heavy atom. The summed E-state index contributed by atoms with van der Waals surface area (Å²) in [5.41, 5.74) is 6.53. The third-order valence-corrected chi connectivity index (χ3v) is 12.6. The van der Waals surface area contributed by atoms with Crippen LogP contribution in [0.4, 0.5) is 0 Å². The van der Waals surface area contributed by atoms with Gasteiger partial charge in [0, 0.05) is 0 Å². The molecule has 0 aliphatic heterocycles. The number of benzene rings is 7. The topological polar surface area (TPSA) is 0 Å². The number of rotatable bonds is 2. The molecule has 9 rings (SSSR count). The second-order valence-electron chi connectivity index (χ2n) is 12.8. The average Bonchev–Trinajstić information content (AvgIpc) is 3.67. The molecule has 0 spiro atoms. The largest absolute Gasteiger partial charge is 0.156 e. The van der Waals surface area contributed by atoms with Crippen molar-refractivity contribution in [3.05, 3.63) is 174 Å². The third kappa shape index (κ3) is 6.53. The van der Waals surface area contributed by atoms with Crippen LogP contribution in [-0.4, -0.2) is 5.43 Å². The predicted octanol–water partition coefficient (Wildman–Crippen LogP) is 12.2. The summed E-state index contributed by atoms with van der Waals surface area (Å²) in [6.45, 7) is 8.83. The van der Waals surface area contributed by atoms with Crippen LogP contribution < -0.4 is 5.19 Å². The molecule has 2 heteroatoms. The summed E-state index contributed by atoms with van der Waals surface area (Å²) >= 11 is 1.69. The van der Waals surface area contributed by atoms with Crippen molar-refractivity contribution >= 4 is 64.5 Å². The van der Waals surface area contributed by atoms with Crippen molar-refractivity contribution < 1.29 is 23.3 Å². The summed E-state index contributed by atoms with van der Waals surface area (Å²) < 4.78 is 0. The van der Waals surface area contributed by atoms with Gasteiger partial charge in [0.1, 0.15) is 0 Å². The first kappa shape index (κ1) is 32.2. The molecule has 0 aliphatic carbocycles. The molecule has 0 aliphatic rings. The summed E-state index contributed by atoms with van der Waals surface area (Å²) in [4.78, 5) is 0. The first-order chi connectivity index (χ1) is 23.4. The van der Waals surface area contributed by atoms with Gasteiger partial charge in [0.2, 0.25) is 0 Å². The van der Waals surface area contributed by atoms with E-state index in [4.69, 9.17) is 0 Å². The first-order valence-corrected chi connectivity index (χ1v) is 22.3. The smallest absolute Gasteiger partial charge is 0.00995 e. The Hall–Kier alpha value is -4.36. The second kappa shape index (κ2) is 14.0. The van der Waals surface area contributed by atoms with Crippen LogP contribution in [0.3, 0.4) is 0 Å². The van der Waals surface area contributed by atoms with Gasteiger partial charge >= 0.3 is 70.8 Å². The zero-order valence-corrected chi connectivity index (χ0v) is 31.5. The molecule has 48 heavy (non-hydrogen) atoms. The van der Waals surface area contributed by atoms with Crippen molar-refractivity contribution in [3.8, 4) is 11.1 Å². The molecule has 0 atom stereocenters. The number of aryl methyl sites for hydroxylation is 3. The third-order valence-electron chi connectivity index (χ3n) is 9.28. The normalized spacial score (nSPS) is 11.0. The average molecular weight is 710 g/mol. The Labute approximate surface area is 298 Å². The van der Waals surface area contributed by atoms with Gasteiger partial charge in [0.15, 0.2) is 0 Å². The molecule has 0 N–H and O–H groups in total. The standard InChI is InChI=1S/C24H17.C15H13.C7H8Si.Zr/c1-16-13-14-17-8-6-12-22(24(16)17)23-15-18-7-2-3-9-19(18)20-10-4-5-11-21(20)23;1-10-3-5-14-12(7-10)9-13-8-11(2)4-6-15(13)14;1-8-7-5-3-2-4-6-7;/h2-15H,1H3;3-9H,1-2H3;2-6H,1H3;/q2*-1;;+2. The van der Waals surface area contributed by atoms with E-state index >= 15 is 0 Å². The van der Waals surface area contributed by atoms with Crippen LogP contribution in [0.2, 0.25) is 6.55 Å². The molecule has 0 amide bonds. The van der Waals surface area contributed by atoms with Crippen molar-refractivity contribution in [1.29, 1.82) is 0 Å². The van der Waals surface area contributed by atoms with Gasteiger partial charge in [-0.3, -0.25) is 0 Å². The minimum absolute atomic E-state index is 0.122. The maximum absolute atomic E-state index is 2.35. The van der Waals surface area contributed by atoms with Gasteiger partial charge in [-0.05, 0) is 47.0 Å². The first-order valence-electron chi connectivity index (χ1n) is 16.6. The van der Waals surface area contributed by atoms with Crippen LogP contribution in [-0.2, 0) is 23.3 Å². The minimum Gasteiger partial charge on any atom is -0.156 e. The van der Waals surface area contributed by atoms with Crippen molar-refractivity contribution in [1.82, 2.24) is 0 Å². The van der Waals surface area contributed by atoms with E-state index in [9.17, 15) is 0 Å². The van der Waals surface area contributed by atoms with E-state index in [2.05, 4.69) is 185 Å². The van der Waals surface area contributed by atoms with Gasteiger partial charge < -0.3 is 0 Å². The Kier molecular flexibility index (Phi) is 9.40. The van der Waals surface area contributed by atoms with Crippen LogP contribution in [0.1, 0.15) is 16.7 Å². The fourth-order valence-electron chi connectivity index (χ4n) is 6.90. The maximum atomic E-state index is 2.35. The molecule has 0 saturated heterocycles. The maximum Gasteiger partial charge on any atom is -0.00995 e. The summed E-state index contributed by atoms with van der Waals surface area (Å²) in [6, 6.07) is 57.2. The predicted molar refractivity (Wildman–Crippen MR) is 209 cm³/mol. The SMILES string of the molecule is C[Si](=[Zr+2])c1ccccc1.Cc1c[cH-]c2cccc(-c3cc4ccccc4c4ccccc34)c12.Cc1ccc2c(c1)[cH-]c1cc(C)ccc12. The quantitative estimate of drug-likeness (QED) is 0.0952. The molecule has 0 radical (unpaired) electrons. The second-order valence-corrected chi connectivity index (χ2v) is 20.2. The zero-order chi connectivity index (χ0) is 33.2. The minimum atomic E-state index is -0.122. The summed E-state index contributed by atoms with van der Waals surface area (Å²) in [5, 5.41) is 15.0. The molecular formula is C46H38SiZr. The van der Waals surface area contributed by atoms with Crippen molar-refractivity contribution in [2.45, 2.75) is 27.3 Å². The van der Waals surface area contributed by atoms with Gasteiger partial charge in [-0.25, -0.2) is 0 Å². The van der Waals surface area contributed by atoms with Gasteiger partial charge in [-0.2, -0.15) is 11.6 Å². The van der Waals surface area contributed by atoms with Crippen molar-refractivity contribution in [3.63, 3.8) is 0 Å². The van der Waals surface area contributed by atoms with Gasteiger partial charge in [-0.1, -0.05) is 102 Å². The van der Waals surface area contributed by atoms with E-state index < -0.39 is 0 Å². The van der Waals surface area contributed by atoms with E-state index in [-0.39, 0.29) is 5.43 Å². The van der Waals surface area contributed by atoms with E-state index in [1.54, 1.807) is 28.5 Å². The molecule has 9 aromatic rings. The molecular weight excluding hydrogens is 672 g/mol. The van der Waals surface area contributed by atoms with Crippen LogP contribution in [0.15, 0.2) is 158 Å². The van der Waals surface area contributed by atoms with Gasteiger partial charge in [0.25, 0.3) is 0 Å². The molecule has 0 nitrogen and oxygen atoms in total. The molecule has 0 aromatic heterocycles. The van der Waals surface area contributed by atoms with E-state index in [1.165, 1.54) is 81.7 Å². The molecule has 0 unspecified atom stereocenters. The van der Waals surface area contributed by atoms with E-state index in [1.807, 2.05) is 0 Å². The van der Waals surface area contributed by atoms with Crippen molar-refractivity contribution in [2.24, 2.45) is 0 Å². The molecule has 0 saturated carbocycles. The van der Waals surface area contributed by atoms with Gasteiger partial charge in [-0.15, -0.1) is 68.7 Å². The fourth-order valence-corrected chi connectivity index (χ4v) is 8.82. The summed E-state index contributed by atoms with van der Waals surface area (Å²) in [7, 11) is 0. The molecule has 0 heterocycles. The van der Waals surface area contributed by atoms with Crippen LogP contribution in [0, 0.1) is 20.8 Å². The Balaban J connectivity index is 0.000000129. The molecule has 230 valence electrons. The van der Waals surface area contributed by atoms with Crippen LogP contribution in [0.25, 0.3) is 65.0 Å². The van der Waals surface area contributed by atoms with Crippen LogP contribution in [0.5, 0.6) is 0 Å². The van der Waals surface area contributed by atoms with E-state index in [0.29, 0.717) is 0 Å². The number of hydrogen-bond donors (Lipinski definition) is 0. The monoisotopic (exact) mass is 708 g/mol. The summed E-state index contributed by atoms with van der Waals surface area (Å²) in [5.74, 6) is 0. The number of hydrogen-bond acceptors (Lipinski definition) is 0. The molecule has 0 fully saturated rings. The molecule has 0 bridgehead atoms. The van der Waals surface area contributed by atoms with Gasteiger partial charge in [0.05, 0.1) is 0 Å².